The minimum Gasteiger partial charge on any atom is -0.469 e. The van der Waals surface area contributed by atoms with E-state index in [0.29, 0.717) is 6.42 Å². The van der Waals surface area contributed by atoms with Gasteiger partial charge in [0.2, 0.25) is 0 Å². The average Bonchev–Trinajstić information content (AvgIpc) is 2.19. The number of hydrogen-bond donors (Lipinski definition) is 0. The van der Waals surface area contributed by atoms with E-state index < -0.39 is 0 Å². The van der Waals surface area contributed by atoms with E-state index in [1.54, 1.807) is 6.26 Å². The smallest absolute Gasteiger partial charge is 0.103 e. The molecule has 0 aliphatic carbocycles. The molecule has 1 nitrogen and oxygen atoms in total. The van der Waals surface area contributed by atoms with Gasteiger partial charge in [0.05, 0.1) is 6.26 Å². The van der Waals surface area contributed by atoms with Gasteiger partial charge in [-0.15, -0.1) is 0 Å². The lowest BCUT2D eigenvalue weighted by atomic mass is 10.3. The van der Waals surface area contributed by atoms with Crippen molar-refractivity contribution in [3.8, 4) is 0 Å². The van der Waals surface area contributed by atoms with Crippen molar-refractivity contribution in [1.82, 2.24) is 0 Å². The molecule has 1 heteroatoms. The van der Waals surface area contributed by atoms with Crippen LogP contribution in [0, 0.1) is 6.92 Å². The molecule has 0 spiro atoms. The van der Waals surface area contributed by atoms with Gasteiger partial charge in [-0.05, 0) is 25.5 Å². The average molecular weight is 108 g/mol. The maximum atomic E-state index is 5.26. The molecule has 0 aliphatic rings. The lowest BCUT2D eigenvalue weighted by Crippen LogP contribution is -1.74. The summed E-state index contributed by atoms with van der Waals surface area (Å²) in [4.78, 5) is 0. The summed E-state index contributed by atoms with van der Waals surface area (Å²) in [6.45, 7) is 5.26. The fraction of sp³-hybridized carbons (Fsp3) is 0.286. The molecule has 0 saturated carbocycles. The number of aryl methyl sites for hydroxylation is 1. The molecule has 1 heterocycles. The van der Waals surface area contributed by atoms with E-state index in [0.717, 1.165) is 12.2 Å². The van der Waals surface area contributed by atoms with Gasteiger partial charge in [0.25, 0.3) is 0 Å². The molecule has 2 radical (unpaired) electrons. The molecule has 0 N–H and O–H groups in total. The lowest BCUT2D eigenvalue weighted by molar-refractivity contribution is 0.510. The minimum absolute atomic E-state index is 0.660. The molecule has 1 aromatic heterocycles. The molecular weight excluding hydrogens is 100 g/mol. The number of hydrogen-bond acceptors (Lipinski definition) is 1. The van der Waals surface area contributed by atoms with Crippen LogP contribution in [0.1, 0.15) is 12.2 Å². The van der Waals surface area contributed by atoms with Crippen molar-refractivity contribution in [2.24, 2.45) is 0 Å². The number of furan rings is 1. The topological polar surface area (TPSA) is 13.1 Å². The predicted molar refractivity (Wildman–Crippen MR) is 31.3 cm³/mol. The summed E-state index contributed by atoms with van der Waals surface area (Å²) in [6, 6.07) is 3.79. The Kier molecular flexibility index (Phi) is 1.73. The zero-order valence-electron chi connectivity index (χ0n) is 4.63. The lowest BCUT2D eigenvalue weighted by Gasteiger charge is -1.85. The zero-order valence-corrected chi connectivity index (χ0v) is 4.63. The molecular formula is C7H8O. The zero-order chi connectivity index (χ0) is 5.82. The van der Waals surface area contributed by atoms with Crippen LogP contribution in [0.3, 0.4) is 0 Å². The fourth-order valence-electron chi connectivity index (χ4n) is 0.597. The Hall–Kier alpha value is -0.720. The molecule has 42 valence electrons. The van der Waals surface area contributed by atoms with Crippen LogP contribution in [-0.4, -0.2) is 0 Å². The molecule has 8 heavy (non-hydrogen) atoms. The Balaban J connectivity index is 2.50. The van der Waals surface area contributed by atoms with Gasteiger partial charge in [0.15, 0.2) is 0 Å². The summed E-state index contributed by atoms with van der Waals surface area (Å²) >= 11 is 0. The highest BCUT2D eigenvalue weighted by Crippen LogP contribution is 2.01. The second kappa shape index (κ2) is 2.55. The van der Waals surface area contributed by atoms with Crippen LogP contribution in [0.15, 0.2) is 22.8 Å². The van der Waals surface area contributed by atoms with E-state index in [9.17, 15) is 0 Å². The van der Waals surface area contributed by atoms with Crippen molar-refractivity contribution < 1.29 is 4.42 Å². The van der Waals surface area contributed by atoms with Crippen LogP contribution in [0.5, 0.6) is 0 Å². The summed E-state index contributed by atoms with van der Waals surface area (Å²) < 4.78 is 4.99. The summed E-state index contributed by atoms with van der Waals surface area (Å²) in [6.07, 6.45) is 3.16. The first-order valence-corrected chi connectivity index (χ1v) is 2.66. The van der Waals surface area contributed by atoms with Gasteiger partial charge in [-0.1, -0.05) is 0 Å². The van der Waals surface area contributed by atoms with Gasteiger partial charge in [-0.25, -0.2) is 0 Å². The molecule has 0 aliphatic heterocycles. The van der Waals surface area contributed by atoms with Gasteiger partial charge < -0.3 is 4.42 Å². The molecule has 0 amide bonds. The Morgan fingerprint density at radius 2 is 2.50 bits per heavy atom. The Labute approximate surface area is 49.3 Å². The van der Waals surface area contributed by atoms with E-state index in [-0.39, 0.29) is 0 Å². The molecule has 1 rings (SSSR count). The van der Waals surface area contributed by atoms with Gasteiger partial charge in [-0.3, -0.25) is 0 Å². The van der Waals surface area contributed by atoms with E-state index in [4.69, 9.17) is 11.3 Å². The molecule has 1 aromatic rings. The van der Waals surface area contributed by atoms with Gasteiger partial charge in [0.1, 0.15) is 5.76 Å². The highest BCUT2D eigenvalue weighted by atomic mass is 16.3. The van der Waals surface area contributed by atoms with Crippen molar-refractivity contribution in [3.63, 3.8) is 0 Å². The standard InChI is InChI=1S/C7H8O/c1-2-4-7-5-3-6-8-7/h1,3,5-6H,2,4H2. The normalized spacial score (nSPS) is 9.62. The van der Waals surface area contributed by atoms with Crippen molar-refractivity contribution >= 4 is 0 Å². The maximum absolute atomic E-state index is 5.26. The summed E-state index contributed by atoms with van der Waals surface area (Å²) in [7, 11) is 0. The largest absolute Gasteiger partial charge is 0.469 e. The highest BCUT2D eigenvalue weighted by Gasteiger charge is 1.88. The van der Waals surface area contributed by atoms with Crippen LogP contribution in [0.25, 0.3) is 0 Å². The van der Waals surface area contributed by atoms with Crippen LogP contribution < -0.4 is 0 Å². The molecule has 0 saturated heterocycles. The van der Waals surface area contributed by atoms with Crippen molar-refractivity contribution in [2.75, 3.05) is 0 Å². The second-order valence-corrected chi connectivity index (χ2v) is 1.62. The maximum Gasteiger partial charge on any atom is 0.103 e. The minimum atomic E-state index is 0.660. The SMILES string of the molecule is [CH]CCc1ccco1. The number of rotatable bonds is 2. The third-order valence-electron chi connectivity index (χ3n) is 0.971. The monoisotopic (exact) mass is 108 g/mol. The van der Waals surface area contributed by atoms with Crippen molar-refractivity contribution in [1.29, 1.82) is 0 Å². The Morgan fingerprint density at radius 1 is 1.62 bits per heavy atom. The van der Waals surface area contributed by atoms with Crippen molar-refractivity contribution in [2.45, 2.75) is 12.8 Å². The van der Waals surface area contributed by atoms with E-state index in [2.05, 4.69) is 0 Å². The molecule has 0 unspecified atom stereocenters. The van der Waals surface area contributed by atoms with Gasteiger partial charge in [0, 0.05) is 6.42 Å². The first kappa shape index (κ1) is 5.42. The summed E-state index contributed by atoms with van der Waals surface area (Å²) in [5.74, 6) is 0.965. The van der Waals surface area contributed by atoms with Gasteiger partial charge >= 0.3 is 0 Å². The van der Waals surface area contributed by atoms with Crippen LogP contribution >= 0.6 is 0 Å². The summed E-state index contributed by atoms with van der Waals surface area (Å²) in [5.41, 5.74) is 0. The Bertz CT molecular complexity index is 130. The molecule has 0 fully saturated rings. The van der Waals surface area contributed by atoms with E-state index >= 15 is 0 Å². The molecule has 0 atom stereocenters. The third-order valence-corrected chi connectivity index (χ3v) is 0.971. The Morgan fingerprint density at radius 3 is 3.00 bits per heavy atom. The quantitative estimate of drug-likeness (QED) is 0.564. The first-order chi connectivity index (χ1) is 3.93. The van der Waals surface area contributed by atoms with E-state index in [1.165, 1.54) is 0 Å². The molecule has 0 aromatic carbocycles. The van der Waals surface area contributed by atoms with Crippen molar-refractivity contribution in [3.05, 3.63) is 31.1 Å². The van der Waals surface area contributed by atoms with Gasteiger partial charge in [-0.2, -0.15) is 0 Å². The highest BCUT2D eigenvalue weighted by molar-refractivity contribution is 4.97. The van der Waals surface area contributed by atoms with Crippen LogP contribution in [-0.2, 0) is 6.42 Å². The molecule has 0 bridgehead atoms. The summed E-state index contributed by atoms with van der Waals surface area (Å²) in [5, 5.41) is 0. The fourth-order valence-corrected chi connectivity index (χ4v) is 0.597. The van der Waals surface area contributed by atoms with Crippen LogP contribution in [0.4, 0.5) is 0 Å². The van der Waals surface area contributed by atoms with Crippen LogP contribution in [0.2, 0.25) is 0 Å². The first-order valence-electron chi connectivity index (χ1n) is 2.66. The van der Waals surface area contributed by atoms with E-state index in [1.807, 2.05) is 12.1 Å². The second-order valence-electron chi connectivity index (χ2n) is 1.62. The predicted octanol–water partition coefficient (Wildman–Crippen LogP) is 1.92. The third kappa shape index (κ3) is 1.12.